The molecule has 0 spiro atoms. The van der Waals surface area contributed by atoms with Crippen LogP contribution in [0.5, 0.6) is 0 Å². The van der Waals surface area contributed by atoms with Crippen LogP contribution in [0.25, 0.3) is 11.4 Å². The molecular weight excluding hydrogens is 381 g/mol. The number of aryl methyl sites for hydroxylation is 1. The third-order valence-electron chi connectivity index (χ3n) is 5.81. The number of anilines is 1. The first kappa shape index (κ1) is 20.5. The summed E-state index contributed by atoms with van der Waals surface area (Å²) in [5.41, 5.74) is 3.45. The van der Waals surface area contributed by atoms with Crippen molar-refractivity contribution in [2.45, 2.75) is 44.9 Å². The van der Waals surface area contributed by atoms with Crippen LogP contribution in [0.4, 0.5) is 10.2 Å². The van der Waals surface area contributed by atoms with E-state index in [1.165, 1.54) is 6.07 Å². The number of nitrogens with one attached hydrogen (secondary N) is 2. The molecule has 1 saturated heterocycles. The summed E-state index contributed by atoms with van der Waals surface area (Å²) in [7, 11) is 0. The number of benzene rings is 1. The van der Waals surface area contributed by atoms with Crippen LogP contribution in [-0.4, -0.2) is 39.9 Å². The number of ether oxygens (including phenoxy) is 1. The van der Waals surface area contributed by atoms with Crippen molar-refractivity contribution in [2.24, 2.45) is 0 Å². The van der Waals surface area contributed by atoms with Gasteiger partial charge in [0, 0.05) is 36.9 Å². The molecule has 1 fully saturated rings. The Morgan fingerprint density at radius 3 is 2.63 bits per heavy atom. The van der Waals surface area contributed by atoms with E-state index in [1.54, 1.807) is 12.1 Å². The highest BCUT2D eigenvalue weighted by Gasteiger charge is 2.34. The maximum atomic E-state index is 13.9. The SMILES string of the molecule is Cc1nc(NCC2(c3cccc(F)c3)CCOCC2)cc(-c2cc(C(C)C)[nH]n2)n1. The van der Waals surface area contributed by atoms with Crippen LogP contribution in [0.1, 0.15) is 49.7 Å². The van der Waals surface area contributed by atoms with Crippen LogP contribution < -0.4 is 5.32 Å². The van der Waals surface area contributed by atoms with E-state index in [1.807, 2.05) is 25.1 Å². The van der Waals surface area contributed by atoms with Crippen LogP contribution in [0, 0.1) is 12.7 Å². The van der Waals surface area contributed by atoms with E-state index in [2.05, 4.69) is 39.3 Å². The fourth-order valence-corrected chi connectivity index (χ4v) is 3.96. The normalized spacial score (nSPS) is 16.0. The second-order valence-electron chi connectivity index (χ2n) is 8.31. The van der Waals surface area contributed by atoms with Gasteiger partial charge in [-0.3, -0.25) is 5.10 Å². The van der Waals surface area contributed by atoms with E-state index in [0.29, 0.717) is 31.5 Å². The molecule has 4 rings (SSSR count). The molecule has 0 saturated carbocycles. The second kappa shape index (κ2) is 8.52. The van der Waals surface area contributed by atoms with Gasteiger partial charge in [-0.1, -0.05) is 26.0 Å². The summed E-state index contributed by atoms with van der Waals surface area (Å²) in [6, 6.07) is 10.9. The quantitative estimate of drug-likeness (QED) is 0.622. The lowest BCUT2D eigenvalue weighted by molar-refractivity contribution is 0.0542. The standard InChI is InChI=1S/C23H28FN5O/c1-15(2)19-12-21(29-28-19)20-13-22(27-16(3)26-20)25-14-23(7-9-30-10-8-23)17-5-4-6-18(24)11-17/h4-6,11-13,15H,7-10,14H2,1-3H3,(H,28,29)(H,25,26,27). The summed E-state index contributed by atoms with van der Waals surface area (Å²) in [4.78, 5) is 9.12. The summed E-state index contributed by atoms with van der Waals surface area (Å²) in [6.07, 6.45) is 1.66. The molecule has 6 nitrogen and oxygen atoms in total. The van der Waals surface area contributed by atoms with Gasteiger partial charge in [0.15, 0.2) is 0 Å². The Labute approximate surface area is 176 Å². The predicted octanol–water partition coefficient (Wildman–Crippen LogP) is 4.60. The Morgan fingerprint density at radius 1 is 1.13 bits per heavy atom. The van der Waals surface area contributed by atoms with Gasteiger partial charge in [-0.05, 0) is 49.4 Å². The van der Waals surface area contributed by atoms with Crippen molar-refractivity contribution in [3.63, 3.8) is 0 Å². The number of nitrogens with zero attached hydrogens (tertiary/aromatic N) is 3. The summed E-state index contributed by atoms with van der Waals surface area (Å²) < 4.78 is 19.5. The lowest BCUT2D eigenvalue weighted by Gasteiger charge is -2.38. The molecule has 3 aromatic rings. The highest BCUT2D eigenvalue weighted by molar-refractivity contribution is 5.59. The van der Waals surface area contributed by atoms with Crippen molar-refractivity contribution in [1.82, 2.24) is 20.2 Å². The molecule has 1 aromatic carbocycles. The zero-order chi connectivity index (χ0) is 21.1. The molecule has 0 atom stereocenters. The number of H-pyrrole nitrogens is 1. The minimum atomic E-state index is -0.210. The number of aromatic amines is 1. The van der Waals surface area contributed by atoms with Crippen molar-refractivity contribution < 1.29 is 9.13 Å². The van der Waals surface area contributed by atoms with Crippen molar-refractivity contribution in [3.05, 3.63) is 59.3 Å². The van der Waals surface area contributed by atoms with Crippen molar-refractivity contribution in [2.75, 3.05) is 25.1 Å². The second-order valence-corrected chi connectivity index (χ2v) is 8.31. The molecule has 1 aliphatic heterocycles. The van der Waals surface area contributed by atoms with Gasteiger partial charge in [0.25, 0.3) is 0 Å². The molecule has 0 unspecified atom stereocenters. The zero-order valence-corrected chi connectivity index (χ0v) is 17.7. The zero-order valence-electron chi connectivity index (χ0n) is 17.7. The molecule has 30 heavy (non-hydrogen) atoms. The molecule has 2 aromatic heterocycles. The number of hydrogen-bond acceptors (Lipinski definition) is 5. The topological polar surface area (TPSA) is 75.7 Å². The lowest BCUT2D eigenvalue weighted by atomic mass is 9.74. The van der Waals surface area contributed by atoms with Crippen LogP contribution in [0.15, 0.2) is 36.4 Å². The number of aromatic nitrogens is 4. The van der Waals surface area contributed by atoms with Crippen LogP contribution in [-0.2, 0) is 10.2 Å². The van der Waals surface area contributed by atoms with Gasteiger partial charge < -0.3 is 10.1 Å². The van der Waals surface area contributed by atoms with E-state index in [-0.39, 0.29) is 11.2 Å². The Hall–Kier alpha value is -2.80. The molecule has 0 bridgehead atoms. The van der Waals surface area contributed by atoms with Crippen molar-refractivity contribution >= 4 is 5.82 Å². The first-order valence-electron chi connectivity index (χ1n) is 10.4. The van der Waals surface area contributed by atoms with E-state index < -0.39 is 0 Å². The molecule has 0 radical (unpaired) electrons. The average Bonchev–Trinajstić information content (AvgIpc) is 3.23. The molecule has 3 heterocycles. The Bertz CT molecular complexity index is 1010. The summed E-state index contributed by atoms with van der Waals surface area (Å²) in [5.74, 6) is 1.58. The first-order chi connectivity index (χ1) is 14.4. The summed E-state index contributed by atoms with van der Waals surface area (Å²) in [6.45, 7) is 8.09. The molecule has 1 aliphatic rings. The van der Waals surface area contributed by atoms with Gasteiger partial charge >= 0.3 is 0 Å². The van der Waals surface area contributed by atoms with Gasteiger partial charge in [0.05, 0.1) is 5.69 Å². The minimum absolute atomic E-state index is 0.198. The van der Waals surface area contributed by atoms with E-state index in [4.69, 9.17) is 4.74 Å². The third kappa shape index (κ3) is 4.36. The highest BCUT2D eigenvalue weighted by atomic mass is 19.1. The largest absolute Gasteiger partial charge is 0.381 e. The highest BCUT2D eigenvalue weighted by Crippen LogP contribution is 2.35. The molecular formula is C23H28FN5O. The molecule has 0 aliphatic carbocycles. The van der Waals surface area contributed by atoms with Crippen LogP contribution >= 0.6 is 0 Å². The van der Waals surface area contributed by atoms with Gasteiger partial charge in [0.2, 0.25) is 0 Å². The van der Waals surface area contributed by atoms with Gasteiger partial charge in [-0.15, -0.1) is 0 Å². The average molecular weight is 410 g/mol. The van der Waals surface area contributed by atoms with E-state index >= 15 is 0 Å². The van der Waals surface area contributed by atoms with Crippen molar-refractivity contribution in [1.29, 1.82) is 0 Å². The molecule has 0 amide bonds. The number of hydrogen-bond donors (Lipinski definition) is 2. The number of rotatable bonds is 6. The van der Waals surface area contributed by atoms with Crippen LogP contribution in [0.3, 0.4) is 0 Å². The van der Waals surface area contributed by atoms with E-state index in [9.17, 15) is 4.39 Å². The maximum Gasteiger partial charge on any atom is 0.130 e. The fourth-order valence-electron chi connectivity index (χ4n) is 3.96. The molecule has 7 heteroatoms. The fraction of sp³-hybridized carbons (Fsp3) is 0.435. The van der Waals surface area contributed by atoms with Crippen molar-refractivity contribution in [3.8, 4) is 11.4 Å². The molecule has 158 valence electrons. The number of halogens is 1. The van der Waals surface area contributed by atoms with E-state index in [0.717, 1.165) is 41.3 Å². The smallest absolute Gasteiger partial charge is 0.130 e. The predicted molar refractivity (Wildman–Crippen MR) is 115 cm³/mol. The Balaban J connectivity index is 1.59. The monoisotopic (exact) mass is 409 g/mol. The summed E-state index contributed by atoms with van der Waals surface area (Å²) >= 11 is 0. The maximum absolute atomic E-state index is 13.9. The van der Waals surface area contributed by atoms with Gasteiger partial charge in [-0.2, -0.15) is 5.10 Å². The first-order valence-corrected chi connectivity index (χ1v) is 10.4. The third-order valence-corrected chi connectivity index (χ3v) is 5.81. The lowest BCUT2D eigenvalue weighted by Crippen LogP contribution is -2.40. The Kier molecular flexibility index (Phi) is 5.81. The van der Waals surface area contributed by atoms with Gasteiger partial charge in [-0.25, -0.2) is 14.4 Å². The Morgan fingerprint density at radius 2 is 1.93 bits per heavy atom. The van der Waals surface area contributed by atoms with Crippen LogP contribution in [0.2, 0.25) is 0 Å². The minimum Gasteiger partial charge on any atom is -0.381 e. The summed E-state index contributed by atoms with van der Waals surface area (Å²) in [5, 5.41) is 11.0. The van der Waals surface area contributed by atoms with Gasteiger partial charge in [0.1, 0.15) is 23.2 Å². The molecule has 2 N–H and O–H groups in total.